The Hall–Kier alpha value is -0.610. The quantitative estimate of drug-likeness (QED) is 0.507. The Bertz CT molecular complexity index is 281. The average molecular weight is 182 g/mol. The van der Waals surface area contributed by atoms with E-state index in [0.717, 1.165) is 11.8 Å². The van der Waals surface area contributed by atoms with Crippen LogP contribution in [0.15, 0.2) is 12.2 Å². The second kappa shape index (κ2) is 2.00. The van der Waals surface area contributed by atoms with Gasteiger partial charge in [0.15, 0.2) is 0 Å². The van der Waals surface area contributed by atoms with Gasteiger partial charge in [-0.25, -0.2) is 0 Å². The lowest BCUT2D eigenvalue weighted by molar-refractivity contribution is -0.118. The lowest BCUT2D eigenvalue weighted by atomic mass is 9.85. The van der Waals surface area contributed by atoms with Gasteiger partial charge in [-0.15, -0.1) is 0 Å². The standard InChI is InChI=1S/C8H6O3S/c9-7-5-3-1-2-4(11-3)6(5)8(10)12-7/h1-6H/t3-,4+,5+,6-. The van der Waals surface area contributed by atoms with Crippen molar-refractivity contribution in [3.05, 3.63) is 12.2 Å². The van der Waals surface area contributed by atoms with Gasteiger partial charge in [0.25, 0.3) is 0 Å². The Morgan fingerprint density at radius 3 is 2.08 bits per heavy atom. The van der Waals surface area contributed by atoms with Crippen molar-refractivity contribution in [2.45, 2.75) is 12.2 Å². The molecular weight excluding hydrogens is 176 g/mol. The minimum atomic E-state index is -0.183. The van der Waals surface area contributed by atoms with E-state index < -0.39 is 0 Å². The molecule has 0 amide bonds. The summed E-state index contributed by atoms with van der Waals surface area (Å²) in [4.78, 5) is 22.6. The fourth-order valence-corrected chi connectivity index (χ4v) is 3.14. The van der Waals surface area contributed by atoms with E-state index in [1.54, 1.807) is 0 Å². The normalized spacial score (nSPS) is 49.0. The second-order valence-electron chi connectivity index (χ2n) is 3.24. The van der Waals surface area contributed by atoms with Gasteiger partial charge in [0.2, 0.25) is 10.2 Å². The smallest absolute Gasteiger partial charge is 0.203 e. The number of thioether (sulfide) groups is 1. The van der Waals surface area contributed by atoms with Crippen molar-refractivity contribution < 1.29 is 14.3 Å². The molecule has 0 aliphatic carbocycles. The molecule has 2 saturated heterocycles. The molecule has 0 saturated carbocycles. The van der Waals surface area contributed by atoms with Crippen LogP contribution in [0.3, 0.4) is 0 Å². The van der Waals surface area contributed by atoms with Crippen molar-refractivity contribution >= 4 is 22.0 Å². The first kappa shape index (κ1) is 6.86. The molecule has 0 aromatic rings. The van der Waals surface area contributed by atoms with Crippen LogP contribution in [0.5, 0.6) is 0 Å². The number of hydrogen-bond donors (Lipinski definition) is 0. The van der Waals surface area contributed by atoms with Gasteiger partial charge in [0.1, 0.15) is 0 Å². The molecule has 3 aliphatic heterocycles. The predicted molar refractivity (Wildman–Crippen MR) is 42.4 cm³/mol. The van der Waals surface area contributed by atoms with Gasteiger partial charge in [0, 0.05) is 0 Å². The van der Waals surface area contributed by atoms with Crippen molar-refractivity contribution in [3.63, 3.8) is 0 Å². The molecule has 3 rings (SSSR count). The number of rotatable bonds is 0. The first-order valence-electron chi connectivity index (χ1n) is 3.87. The summed E-state index contributed by atoms with van der Waals surface area (Å²) < 4.78 is 5.41. The maximum absolute atomic E-state index is 11.3. The van der Waals surface area contributed by atoms with E-state index in [9.17, 15) is 9.59 Å². The lowest BCUT2D eigenvalue weighted by Crippen LogP contribution is -2.26. The van der Waals surface area contributed by atoms with Gasteiger partial charge < -0.3 is 4.74 Å². The maximum atomic E-state index is 11.3. The van der Waals surface area contributed by atoms with Crippen molar-refractivity contribution in [1.29, 1.82) is 0 Å². The molecule has 4 atom stereocenters. The topological polar surface area (TPSA) is 43.4 Å². The number of fused-ring (bicyclic) bond motifs is 5. The summed E-state index contributed by atoms with van der Waals surface area (Å²) in [6.07, 6.45) is 3.55. The summed E-state index contributed by atoms with van der Waals surface area (Å²) in [5.74, 6) is -0.366. The van der Waals surface area contributed by atoms with E-state index in [0.29, 0.717) is 0 Å². The van der Waals surface area contributed by atoms with Crippen molar-refractivity contribution in [2.75, 3.05) is 0 Å². The van der Waals surface area contributed by atoms with Crippen LogP contribution in [-0.4, -0.2) is 22.4 Å². The molecule has 0 radical (unpaired) electrons. The van der Waals surface area contributed by atoms with Crippen LogP contribution < -0.4 is 0 Å². The highest BCUT2D eigenvalue weighted by molar-refractivity contribution is 8.26. The Balaban J connectivity index is 2.08. The number of hydrogen-bond acceptors (Lipinski definition) is 4. The van der Waals surface area contributed by atoms with Crippen LogP contribution in [0.4, 0.5) is 0 Å². The molecule has 12 heavy (non-hydrogen) atoms. The van der Waals surface area contributed by atoms with Crippen LogP contribution in [0, 0.1) is 11.8 Å². The number of carbonyl (C=O) groups excluding carboxylic acids is 2. The average Bonchev–Trinajstić information content (AvgIpc) is 2.64. The Morgan fingerprint density at radius 1 is 1.08 bits per heavy atom. The summed E-state index contributed by atoms with van der Waals surface area (Å²) in [5.41, 5.74) is 0. The summed E-state index contributed by atoms with van der Waals surface area (Å²) in [5, 5.41) is -0.0244. The van der Waals surface area contributed by atoms with Crippen molar-refractivity contribution in [2.24, 2.45) is 11.8 Å². The van der Waals surface area contributed by atoms with Gasteiger partial charge in [0.05, 0.1) is 24.0 Å². The van der Waals surface area contributed by atoms with Crippen molar-refractivity contribution in [3.8, 4) is 0 Å². The zero-order valence-electron chi connectivity index (χ0n) is 6.10. The van der Waals surface area contributed by atoms with Crippen molar-refractivity contribution in [1.82, 2.24) is 0 Å². The van der Waals surface area contributed by atoms with Crippen LogP contribution in [0.1, 0.15) is 0 Å². The SMILES string of the molecule is O=C1SC(=O)[C@H]2[C@@H]1[C@H]1C=C[C@@H]2O1. The van der Waals surface area contributed by atoms with E-state index in [2.05, 4.69) is 0 Å². The van der Waals surface area contributed by atoms with Gasteiger partial charge in [-0.05, 0) is 11.8 Å². The van der Waals surface area contributed by atoms with E-state index in [-0.39, 0.29) is 34.3 Å². The van der Waals surface area contributed by atoms with Crippen LogP contribution in [0.2, 0.25) is 0 Å². The minimum Gasteiger partial charge on any atom is -0.365 e. The Morgan fingerprint density at radius 2 is 1.58 bits per heavy atom. The van der Waals surface area contributed by atoms with Gasteiger partial charge in [-0.3, -0.25) is 9.59 Å². The molecule has 3 aliphatic rings. The first-order chi connectivity index (χ1) is 5.77. The summed E-state index contributed by atoms with van der Waals surface area (Å²) in [6.45, 7) is 0. The zero-order valence-corrected chi connectivity index (χ0v) is 6.91. The molecule has 62 valence electrons. The molecule has 0 spiro atoms. The monoisotopic (exact) mass is 182 g/mol. The molecule has 0 aromatic heterocycles. The Labute approximate surface area is 73.1 Å². The fourth-order valence-electron chi connectivity index (χ4n) is 2.11. The Kier molecular flexibility index (Phi) is 1.14. The van der Waals surface area contributed by atoms with Gasteiger partial charge >= 0.3 is 0 Å². The first-order valence-corrected chi connectivity index (χ1v) is 4.68. The number of ether oxygens (including phenoxy) is 1. The molecular formula is C8H6O3S. The van der Waals surface area contributed by atoms with E-state index in [1.807, 2.05) is 12.2 Å². The third-order valence-corrected chi connectivity index (χ3v) is 3.59. The highest BCUT2D eigenvalue weighted by Gasteiger charge is 2.57. The molecule has 2 bridgehead atoms. The lowest BCUT2D eigenvalue weighted by Gasteiger charge is -2.11. The number of carbonyl (C=O) groups is 2. The molecule has 3 heterocycles. The van der Waals surface area contributed by atoms with Gasteiger partial charge in [-0.2, -0.15) is 0 Å². The highest BCUT2D eigenvalue weighted by atomic mass is 32.2. The summed E-state index contributed by atoms with van der Waals surface area (Å²) in [7, 11) is 0. The van der Waals surface area contributed by atoms with Crippen LogP contribution in [-0.2, 0) is 14.3 Å². The van der Waals surface area contributed by atoms with E-state index in [1.165, 1.54) is 0 Å². The molecule has 0 aromatic carbocycles. The largest absolute Gasteiger partial charge is 0.365 e. The molecule has 4 heteroatoms. The third-order valence-electron chi connectivity index (χ3n) is 2.65. The van der Waals surface area contributed by atoms with Crippen LogP contribution in [0.25, 0.3) is 0 Å². The highest BCUT2D eigenvalue weighted by Crippen LogP contribution is 2.48. The van der Waals surface area contributed by atoms with E-state index in [4.69, 9.17) is 4.74 Å². The fraction of sp³-hybridized carbons (Fsp3) is 0.500. The molecule has 3 nitrogen and oxygen atoms in total. The predicted octanol–water partition coefficient (Wildman–Crippen LogP) is 0.356. The molecule has 0 N–H and O–H groups in total. The summed E-state index contributed by atoms with van der Waals surface area (Å²) >= 11 is 0.862. The summed E-state index contributed by atoms with van der Waals surface area (Å²) in [6, 6.07) is 0. The van der Waals surface area contributed by atoms with Gasteiger partial charge in [-0.1, -0.05) is 12.2 Å². The maximum Gasteiger partial charge on any atom is 0.203 e. The molecule has 2 fully saturated rings. The van der Waals surface area contributed by atoms with E-state index >= 15 is 0 Å². The minimum absolute atomic E-state index is 0.0122. The molecule has 0 unspecified atom stereocenters. The zero-order chi connectivity index (χ0) is 8.29. The second-order valence-corrected chi connectivity index (χ2v) is 4.25. The third kappa shape index (κ3) is 0.630. The van der Waals surface area contributed by atoms with Crippen LogP contribution >= 0.6 is 11.8 Å².